The molecule has 1 aliphatic rings. The van der Waals surface area contributed by atoms with Crippen molar-refractivity contribution in [1.29, 1.82) is 0 Å². The highest BCUT2D eigenvalue weighted by atomic mass is 35.5. The number of nitrogens with one attached hydrogen (secondary N) is 1. The van der Waals surface area contributed by atoms with E-state index in [1.807, 2.05) is 43.0 Å². The lowest BCUT2D eigenvalue weighted by Crippen LogP contribution is -2.49. The molecule has 0 saturated carbocycles. The lowest BCUT2D eigenvalue weighted by Gasteiger charge is -2.37. The summed E-state index contributed by atoms with van der Waals surface area (Å²) in [5.74, 6) is -0.0441. The number of hydrogen-bond acceptors (Lipinski definition) is 3. The summed E-state index contributed by atoms with van der Waals surface area (Å²) in [5, 5.41) is 3.65. The van der Waals surface area contributed by atoms with Crippen LogP contribution in [-0.2, 0) is 4.79 Å². The molecule has 7 heteroatoms. The van der Waals surface area contributed by atoms with E-state index in [9.17, 15) is 9.59 Å². The van der Waals surface area contributed by atoms with Gasteiger partial charge in [-0.1, -0.05) is 37.0 Å². The standard InChI is InChI=1S/C21H23Cl2N3O2/c1-14(2)21(28)26-11-9-25(10-12-26)17-6-4-16(5-7-17)24-20(27)18-8-3-15(22)13-19(18)23/h3-8,13-14H,9-12H2,1-2H3,(H,24,27). The van der Waals surface area contributed by atoms with Crippen molar-refractivity contribution in [1.82, 2.24) is 4.90 Å². The zero-order chi connectivity index (χ0) is 20.3. The molecule has 2 aromatic rings. The van der Waals surface area contributed by atoms with Gasteiger partial charge in [-0.05, 0) is 42.5 Å². The van der Waals surface area contributed by atoms with Crippen LogP contribution in [0.5, 0.6) is 0 Å². The van der Waals surface area contributed by atoms with Crippen LogP contribution in [0.25, 0.3) is 0 Å². The minimum atomic E-state index is -0.282. The molecular formula is C21H23Cl2N3O2. The van der Waals surface area contributed by atoms with Gasteiger partial charge in [0.15, 0.2) is 0 Å². The topological polar surface area (TPSA) is 52.7 Å². The number of amides is 2. The van der Waals surface area contributed by atoms with Crippen molar-refractivity contribution in [2.24, 2.45) is 5.92 Å². The highest BCUT2D eigenvalue weighted by molar-refractivity contribution is 6.37. The maximum atomic E-state index is 12.4. The van der Waals surface area contributed by atoms with Gasteiger partial charge in [0.1, 0.15) is 0 Å². The first-order chi connectivity index (χ1) is 13.3. The first-order valence-corrected chi connectivity index (χ1v) is 10.0. The molecule has 0 radical (unpaired) electrons. The molecule has 1 fully saturated rings. The molecule has 28 heavy (non-hydrogen) atoms. The second-order valence-electron chi connectivity index (χ2n) is 7.09. The van der Waals surface area contributed by atoms with Crippen molar-refractivity contribution in [2.75, 3.05) is 36.4 Å². The van der Waals surface area contributed by atoms with Crippen molar-refractivity contribution in [3.05, 3.63) is 58.1 Å². The minimum Gasteiger partial charge on any atom is -0.368 e. The van der Waals surface area contributed by atoms with E-state index in [4.69, 9.17) is 23.2 Å². The van der Waals surface area contributed by atoms with Crippen LogP contribution in [0.4, 0.5) is 11.4 Å². The van der Waals surface area contributed by atoms with Crippen molar-refractivity contribution >= 4 is 46.4 Å². The number of halogens is 2. The third-order valence-corrected chi connectivity index (χ3v) is 5.30. The average Bonchev–Trinajstić information content (AvgIpc) is 2.68. The number of benzene rings is 2. The number of carbonyl (C=O) groups is 2. The maximum absolute atomic E-state index is 12.4. The Balaban J connectivity index is 1.60. The highest BCUT2D eigenvalue weighted by Gasteiger charge is 2.23. The molecule has 1 N–H and O–H groups in total. The van der Waals surface area contributed by atoms with Gasteiger partial charge in [-0.15, -0.1) is 0 Å². The summed E-state index contributed by atoms with van der Waals surface area (Å²) in [7, 11) is 0. The van der Waals surface area contributed by atoms with E-state index in [0.717, 1.165) is 31.9 Å². The van der Waals surface area contributed by atoms with Crippen molar-refractivity contribution in [2.45, 2.75) is 13.8 Å². The Morgan fingerprint density at radius 3 is 2.18 bits per heavy atom. The molecule has 3 rings (SSSR count). The Morgan fingerprint density at radius 2 is 1.61 bits per heavy atom. The molecular weight excluding hydrogens is 397 g/mol. The molecule has 1 aliphatic heterocycles. The van der Waals surface area contributed by atoms with E-state index in [1.165, 1.54) is 0 Å². The van der Waals surface area contributed by atoms with Gasteiger partial charge in [0.05, 0.1) is 10.6 Å². The monoisotopic (exact) mass is 419 g/mol. The fourth-order valence-corrected chi connectivity index (χ4v) is 3.67. The second-order valence-corrected chi connectivity index (χ2v) is 7.94. The van der Waals surface area contributed by atoms with Crippen LogP contribution in [0.1, 0.15) is 24.2 Å². The van der Waals surface area contributed by atoms with Crippen LogP contribution in [0.2, 0.25) is 10.0 Å². The molecule has 0 atom stereocenters. The lowest BCUT2D eigenvalue weighted by atomic mass is 10.1. The Labute approximate surface area is 175 Å². The van der Waals surface area contributed by atoms with Gasteiger partial charge < -0.3 is 15.1 Å². The average molecular weight is 420 g/mol. The van der Waals surface area contributed by atoms with Gasteiger partial charge in [0, 0.05) is 48.5 Å². The summed E-state index contributed by atoms with van der Waals surface area (Å²) in [5.41, 5.74) is 2.13. The minimum absolute atomic E-state index is 0.0311. The summed E-state index contributed by atoms with van der Waals surface area (Å²) in [6.07, 6.45) is 0. The Kier molecular flexibility index (Phi) is 6.47. The molecule has 5 nitrogen and oxygen atoms in total. The highest BCUT2D eigenvalue weighted by Crippen LogP contribution is 2.24. The van der Waals surface area contributed by atoms with Gasteiger partial charge >= 0.3 is 0 Å². The summed E-state index contributed by atoms with van der Waals surface area (Å²) in [6, 6.07) is 12.5. The molecule has 0 bridgehead atoms. The van der Waals surface area contributed by atoms with E-state index in [-0.39, 0.29) is 17.7 Å². The molecule has 2 amide bonds. The van der Waals surface area contributed by atoms with Gasteiger partial charge in [-0.3, -0.25) is 9.59 Å². The molecule has 0 spiro atoms. The second kappa shape index (κ2) is 8.84. The van der Waals surface area contributed by atoms with Gasteiger partial charge in [-0.2, -0.15) is 0 Å². The van der Waals surface area contributed by atoms with Gasteiger partial charge in [0.25, 0.3) is 5.91 Å². The Morgan fingerprint density at radius 1 is 0.964 bits per heavy atom. The van der Waals surface area contributed by atoms with E-state index in [2.05, 4.69) is 10.2 Å². The molecule has 1 saturated heterocycles. The largest absolute Gasteiger partial charge is 0.368 e. The number of nitrogens with zero attached hydrogens (tertiary/aromatic N) is 2. The van der Waals surface area contributed by atoms with Crippen LogP contribution < -0.4 is 10.2 Å². The number of piperazine rings is 1. The number of hydrogen-bond donors (Lipinski definition) is 1. The first kappa shape index (κ1) is 20.5. The quantitative estimate of drug-likeness (QED) is 0.790. The predicted molar refractivity (Wildman–Crippen MR) is 114 cm³/mol. The summed E-state index contributed by atoms with van der Waals surface area (Å²) < 4.78 is 0. The smallest absolute Gasteiger partial charge is 0.257 e. The summed E-state index contributed by atoms with van der Waals surface area (Å²) in [4.78, 5) is 28.7. The van der Waals surface area contributed by atoms with Crippen molar-refractivity contribution < 1.29 is 9.59 Å². The molecule has 0 aliphatic carbocycles. The SMILES string of the molecule is CC(C)C(=O)N1CCN(c2ccc(NC(=O)c3ccc(Cl)cc3Cl)cc2)CC1. The number of carbonyl (C=O) groups excluding carboxylic acids is 2. The molecule has 1 heterocycles. The van der Waals surface area contributed by atoms with Crippen LogP contribution in [-0.4, -0.2) is 42.9 Å². The zero-order valence-corrected chi connectivity index (χ0v) is 17.4. The third kappa shape index (κ3) is 4.78. The van der Waals surface area contributed by atoms with E-state index in [1.54, 1.807) is 18.2 Å². The van der Waals surface area contributed by atoms with Crippen LogP contribution in [0, 0.1) is 5.92 Å². The van der Waals surface area contributed by atoms with E-state index in [0.29, 0.717) is 21.3 Å². The van der Waals surface area contributed by atoms with E-state index < -0.39 is 0 Å². The van der Waals surface area contributed by atoms with Crippen LogP contribution >= 0.6 is 23.2 Å². The third-order valence-electron chi connectivity index (χ3n) is 4.75. The molecule has 148 valence electrons. The van der Waals surface area contributed by atoms with Gasteiger partial charge in [0.2, 0.25) is 5.91 Å². The maximum Gasteiger partial charge on any atom is 0.257 e. The zero-order valence-electron chi connectivity index (χ0n) is 15.9. The van der Waals surface area contributed by atoms with Crippen LogP contribution in [0.15, 0.2) is 42.5 Å². The Bertz CT molecular complexity index is 860. The summed E-state index contributed by atoms with van der Waals surface area (Å²) in [6.45, 7) is 6.90. The number of rotatable bonds is 4. The number of anilines is 2. The Hall–Kier alpha value is -2.24. The molecule has 0 aromatic heterocycles. The van der Waals surface area contributed by atoms with Crippen molar-refractivity contribution in [3.63, 3.8) is 0 Å². The predicted octanol–water partition coefficient (Wildman–Crippen LogP) is 4.55. The fraction of sp³-hybridized carbons (Fsp3) is 0.333. The normalized spacial score (nSPS) is 14.3. The first-order valence-electron chi connectivity index (χ1n) is 9.25. The molecule has 0 unspecified atom stereocenters. The van der Waals surface area contributed by atoms with Crippen molar-refractivity contribution in [3.8, 4) is 0 Å². The summed E-state index contributed by atoms with van der Waals surface area (Å²) >= 11 is 12.0. The molecule has 2 aromatic carbocycles. The lowest BCUT2D eigenvalue weighted by molar-refractivity contribution is -0.134. The van der Waals surface area contributed by atoms with E-state index >= 15 is 0 Å². The fourth-order valence-electron chi connectivity index (χ4n) is 3.18. The van der Waals surface area contributed by atoms with Crippen LogP contribution in [0.3, 0.4) is 0 Å². The van der Waals surface area contributed by atoms with Gasteiger partial charge in [-0.25, -0.2) is 0 Å².